The zero-order valence-electron chi connectivity index (χ0n) is 10.6. The third-order valence-corrected chi connectivity index (χ3v) is 3.93. The first-order chi connectivity index (χ1) is 9.63. The lowest BCUT2D eigenvalue weighted by Gasteiger charge is -2.09. The highest BCUT2D eigenvalue weighted by molar-refractivity contribution is 7.89. The van der Waals surface area contributed by atoms with E-state index in [0.29, 0.717) is 13.0 Å². The van der Waals surface area contributed by atoms with E-state index in [4.69, 9.17) is 5.84 Å². The van der Waals surface area contributed by atoms with Gasteiger partial charge in [0.1, 0.15) is 0 Å². The molecule has 0 saturated carbocycles. The minimum Gasteiger partial charge on any atom is -0.321 e. The summed E-state index contributed by atoms with van der Waals surface area (Å²) in [5, 5.41) is 7.33. The molecule has 2 heterocycles. The Morgan fingerprint density at radius 1 is 1.35 bits per heavy atom. The van der Waals surface area contributed by atoms with E-state index in [1.165, 1.54) is 12.3 Å². The third-order valence-electron chi connectivity index (χ3n) is 2.51. The van der Waals surface area contributed by atoms with Gasteiger partial charge >= 0.3 is 0 Å². The largest absolute Gasteiger partial charge is 0.321 e. The fourth-order valence-electron chi connectivity index (χ4n) is 1.58. The summed E-state index contributed by atoms with van der Waals surface area (Å²) in [6.45, 7) is 0.843. The first-order valence-corrected chi connectivity index (χ1v) is 7.37. The van der Waals surface area contributed by atoms with Crippen molar-refractivity contribution < 1.29 is 8.42 Å². The maximum atomic E-state index is 12.1. The molecule has 0 bridgehead atoms. The van der Waals surface area contributed by atoms with Crippen LogP contribution in [0.25, 0.3) is 0 Å². The molecule has 0 aromatic carbocycles. The zero-order chi connectivity index (χ0) is 14.4. The number of anilines is 1. The molecule has 20 heavy (non-hydrogen) atoms. The number of aryl methyl sites for hydroxylation is 1. The summed E-state index contributed by atoms with van der Waals surface area (Å²) in [6, 6.07) is 3.13. The number of rotatable bonds is 7. The van der Waals surface area contributed by atoms with E-state index in [-0.39, 0.29) is 17.3 Å². The fraction of sp³-hybridized carbons (Fsp3) is 0.300. The standard InChI is InChI=1S/C10H15N7O2S/c11-15-9-3-1-4-12-10(9)20(18,19)14-5-2-7-17-8-6-13-16-17/h1,3-4,6,8,14-15H,2,5,7,11H2. The summed E-state index contributed by atoms with van der Waals surface area (Å²) in [4.78, 5) is 3.83. The number of nitrogens with one attached hydrogen (secondary N) is 2. The van der Waals surface area contributed by atoms with E-state index in [2.05, 4.69) is 25.4 Å². The Morgan fingerprint density at radius 3 is 2.90 bits per heavy atom. The first kappa shape index (κ1) is 14.4. The van der Waals surface area contributed by atoms with Crippen LogP contribution in [0, 0.1) is 0 Å². The van der Waals surface area contributed by atoms with Crippen LogP contribution in [0.5, 0.6) is 0 Å². The smallest absolute Gasteiger partial charge is 0.260 e. The van der Waals surface area contributed by atoms with E-state index >= 15 is 0 Å². The number of aromatic nitrogens is 4. The van der Waals surface area contributed by atoms with E-state index in [1.807, 2.05) is 0 Å². The molecule has 9 nitrogen and oxygen atoms in total. The molecule has 2 aromatic rings. The lowest BCUT2D eigenvalue weighted by molar-refractivity contribution is 0.541. The van der Waals surface area contributed by atoms with Crippen LogP contribution in [0.1, 0.15) is 6.42 Å². The molecule has 2 rings (SSSR count). The number of hydrogen-bond acceptors (Lipinski definition) is 7. The molecule has 108 valence electrons. The van der Waals surface area contributed by atoms with E-state index < -0.39 is 10.0 Å². The number of nitrogen functional groups attached to an aromatic ring is 1. The Labute approximate surface area is 116 Å². The maximum absolute atomic E-state index is 12.1. The van der Waals surface area contributed by atoms with Crippen molar-refractivity contribution in [3.05, 3.63) is 30.7 Å². The minimum absolute atomic E-state index is 0.122. The van der Waals surface area contributed by atoms with Gasteiger partial charge < -0.3 is 5.43 Å². The third kappa shape index (κ3) is 3.50. The van der Waals surface area contributed by atoms with E-state index in [9.17, 15) is 8.42 Å². The average molecular weight is 297 g/mol. The van der Waals surface area contributed by atoms with Crippen molar-refractivity contribution in [3.63, 3.8) is 0 Å². The van der Waals surface area contributed by atoms with Crippen molar-refractivity contribution in [2.45, 2.75) is 18.0 Å². The van der Waals surface area contributed by atoms with E-state index in [0.717, 1.165) is 0 Å². The monoisotopic (exact) mass is 297 g/mol. The van der Waals surface area contributed by atoms with Crippen LogP contribution in [0.2, 0.25) is 0 Å². The van der Waals surface area contributed by atoms with Crippen LogP contribution in [0.15, 0.2) is 35.7 Å². The molecule has 0 amide bonds. The number of pyridine rings is 1. The first-order valence-electron chi connectivity index (χ1n) is 5.89. The molecule has 0 spiro atoms. The van der Waals surface area contributed by atoms with Crippen molar-refractivity contribution in [1.29, 1.82) is 0 Å². The summed E-state index contributed by atoms with van der Waals surface area (Å²) < 4.78 is 28.2. The number of sulfonamides is 1. The second kappa shape index (κ2) is 6.41. The van der Waals surface area contributed by atoms with Gasteiger partial charge in [-0.25, -0.2) is 18.1 Å². The Kier molecular flexibility index (Phi) is 4.61. The normalized spacial score (nSPS) is 11.4. The molecule has 0 radical (unpaired) electrons. The lowest BCUT2D eigenvalue weighted by atomic mass is 10.4. The molecular formula is C10H15N7O2S. The Hall–Kier alpha value is -2.04. The van der Waals surface area contributed by atoms with Crippen molar-refractivity contribution in [1.82, 2.24) is 24.7 Å². The summed E-state index contributed by atoms with van der Waals surface area (Å²) in [7, 11) is -3.69. The lowest BCUT2D eigenvalue weighted by Crippen LogP contribution is -2.28. The molecule has 10 heteroatoms. The van der Waals surface area contributed by atoms with Crippen LogP contribution in [-0.2, 0) is 16.6 Å². The number of hydrazine groups is 1. The van der Waals surface area contributed by atoms with Crippen LogP contribution in [0.3, 0.4) is 0 Å². The van der Waals surface area contributed by atoms with Gasteiger partial charge in [0.25, 0.3) is 10.0 Å². The van der Waals surface area contributed by atoms with Crippen LogP contribution in [0.4, 0.5) is 5.69 Å². The molecule has 0 saturated heterocycles. The summed E-state index contributed by atoms with van der Waals surface area (Å²) in [5.74, 6) is 5.27. The van der Waals surface area contributed by atoms with Gasteiger partial charge in [-0.05, 0) is 18.6 Å². The van der Waals surface area contributed by atoms with Crippen LogP contribution >= 0.6 is 0 Å². The Morgan fingerprint density at radius 2 is 2.20 bits per heavy atom. The number of nitrogens with two attached hydrogens (primary N) is 1. The van der Waals surface area contributed by atoms with Gasteiger partial charge in [-0.15, -0.1) is 5.10 Å². The minimum atomic E-state index is -3.69. The molecule has 0 unspecified atom stereocenters. The van der Waals surface area contributed by atoms with Gasteiger partial charge in [-0.2, -0.15) is 0 Å². The van der Waals surface area contributed by atoms with Crippen molar-refractivity contribution in [2.75, 3.05) is 12.0 Å². The molecule has 0 aliphatic carbocycles. The van der Waals surface area contributed by atoms with Gasteiger partial charge in [-0.1, -0.05) is 5.21 Å². The SMILES string of the molecule is NNc1cccnc1S(=O)(=O)NCCCn1ccnn1. The highest BCUT2D eigenvalue weighted by atomic mass is 32.2. The fourth-order valence-corrected chi connectivity index (χ4v) is 2.75. The molecule has 2 aromatic heterocycles. The molecular weight excluding hydrogens is 282 g/mol. The number of hydrogen-bond donors (Lipinski definition) is 3. The molecule has 0 fully saturated rings. The Balaban J connectivity index is 1.94. The molecule has 0 aliphatic rings. The van der Waals surface area contributed by atoms with Crippen molar-refractivity contribution in [2.24, 2.45) is 5.84 Å². The molecule has 4 N–H and O–H groups in total. The second-order valence-corrected chi connectivity index (χ2v) is 5.60. The molecule has 0 aliphatic heterocycles. The van der Waals surface area contributed by atoms with Crippen LogP contribution in [-0.4, -0.2) is 34.9 Å². The van der Waals surface area contributed by atoms with Gasteiger partial charge in [-0.3, -0.25) is 10.5 Å². The second-order valence-electron chi connectivity index (χ2n) is 3.92. The summed E-state index contributed by atoms with van der Waals surface area (Å²) in [5.41, 5.74) is 2.56. The predicted octanol–water partition coefficient (Wildman–Crippen LogP) is -0.673. The van der Waals surface area contributed by atoms with Crippen molar-refractivity contribution in [3.8, 4) is 0 Å². The van der Waals surface area contributed by atoms with Crippen molar-refractivity contribution >= 4 is 15.7 Å². The van der Waals surface area contributed by atoms with Gasteiger partial charge in [0, 0.05) is 25.5 Å². The average Bonchev–Trinajstić information content (AvgIpc) is 2.97. The zero-order valence-corrected chi connectivity index (χ0v) is 11.4. The maximum Gasteiger partial charge on any atom is 0.260 e. The quantitative estimate of drug-likeness (QED) is 0.351. The summed E-state index contributed by atoms with van der Waals surface area (Å²) in [6.07, 6.45) is 5.26. The predicted molar refractivity (Wildman–Crippen MR) is 71.9 cm³/mol. The summed E-state index contributed by atoms with van der Waals surface area (Å²) >= 11 is 0. The Bertz CT molecular complexity index is 641. The number of nitrogens with zero attached hydrogens (tertiary/aromatic N) is 4. The van der Waals surface area contributed by atoms with Gasteiger partial charge in [0.05, 0.1) is 11.9 Å². The molecule has 0 atom stereocenters. The van der Waals surface area contributed by atoms with E-state index in [1.54, 1.807) is 23.1 Å². The van der Waals surface area contributed by atoms with Gasteiger partial charge in [0.2, 0.25) is 0 Å². The topological polar surface area (TPSA) is 128 Å². The van der Waals surface area contributed by atoms with Crippen LogP contribution < -0.4 is 16.0 Å². The highest BCUT2D eigenvalue weighted by Gasteiger charge is 2.18. The van der Waals surface area contributed by atoms with Gasteiger partial charge in [0.15, 0.2) is 5.03 Å². The highest BCUT2D eigenvalue weighted by Crippen LogP contribution is 2.16.